The van der Waals surface area contributed by atoms with E-state index in [1.54, 1.807) is 0 Å². The maximum absolute atomic E-state index is 12.9. The van der Waals surface area contributed by atoms with Gasteiger partial charge in [0.15, 0.2) is 0 Å². The zero-order chi connectivity index (χ0) is 21.7. The van der Waals surface area contributed by atoms with Crippen LogP contribution in [0.3, 0.4) is 0 Å². The van der Waals surface area contributed by atoms with E-state index >= 15 is 0 Å². The van der Waals surface area contributed by atoms with Gasteiger partial charge in [0.1, 0.15) is 0 Å². The van der Waals surface area contributed by atoms with Crippen LogP contribution in [0.15, 0.2) is 0 Å². The van der Waals surface area contributed by atoms with Gasteiger partial charge in [-0.1, -0.05) is 0 Å². The second-order valence-electron chi connectivity index (χ2n) is 10.00. The molecule has 0 aromatic heterocycles. The molecule has 4 rings (SSSR count). The standard InChI is InChI=1S/C21H32N4O4S/c1-21(9-10-21)23-30(28,29)16-7-8-18-17(11-16)19(26)24(2)20(27)25(18)13-15-5-3-14(12-22)4-6-15/h14-18,23H,3-11,13H2,1-2H3. The number of nitrogens with one attached hydrogen (secondary N) is 1. The normalized spacial score (nSPS) is 36.2. The largest absolute Gasteiger partial charge is 0.326 e. The maximum atomic E-state index is 12.9. The molecule has 0 aromatic rings. The zero-order valence-electron chi connectivity index (χ0n) is 17.8. The van der Waals surface area contributed by atoms with Gasteiger partial charge in [-0.05, 0) is 70.6 Å². The summed E-state index contributed by atoms with van der Waals surface area (Å²) in [6, 6.07) is 1.84. The fourth-order valence-electron chi connectivity index (χ4n) is 5.40. The molecular formula is C21H32N4O4S. The van der Waals surface area contributed by atoms with Gasteiger partial charge in [-0.2, -0.15) is 5.26 Å². The van der Waals surface area contributed by atoms with Crippen molar-refractivity contribution >= 4 is 22.0 Å². The fraction of sp³-hybridized carbons (Fsp3) is 0.857. The molecule has 0 aromatic carbocycles. The highest BCUT2D eigenvalue weighted by atomic mass is 32.2. The summed E-state index contributed by atoms with van der Waals surface area (Å²) in [6.45, 7) is 2.50. The number of nitriles is 1. The average molecular weight is 437 g/mol. The third kappa shape index (κ3) is 4.09. The molecule has 1 N–H and O–H groups in total. The molecule has 3 saturated carbocycles. The molecule has 9 heteroatoms. The summed E-state index contributed by atoms with van der Waals surface area (Å²) in [7, 11) is -1.99. The Hall–Kier alpha value is -1.66. The van der Waals surface area contributed by atoms with Crippen LogP contribution >= 0.6 is 0 Å². The summed E-state index contributed by atoms with van der Waals surface area (Å²) in [6.07, 6.45) is 6.51. The van der Waals surface area contributed by atoms with Crippen LogP contribution in [0.25, 0.3) is 0 Å². The van der Waals surface area contributed by atoms with E-state index in [0.717, 1.165) is 38.5 Å². The van der Waals surface area contributed by atoms with E-state index in [4.69, 9.17) is 5.26 Å². The molecule has 0 spiro atoms. The van der Waals surface area contributed by atoms with Gasteiger partial charge < -0.3 is 4.90 Å². The predicted molar refractivity (Wildman–Crippen MR) is 111 cm³/mol. The minimum atomic E-state index is -3.49. The number of imide groups is 1. The van der Waals surface area contributed by atoms with E-state index in [0.29, 0.717) is 25.3 Å². The van der Waals surface area contributed by atoms with Crippen molar-refractivity contribution in [1.82, 2.24) is 14.5 Å². The van der Waals surface area contributed by atoms with E-state index in [9.17, 15) is 18.0 Å². The number of fused-ring (bicyclic) bond motifs is 1. The van der Waals surface area contributed by atoms with Crippen molar-refractivity contribution in [1.29, 1.82) is 5.26 Å². The Morgan fingerprint density at radius 1 is 1.13 bits per heavy atom. The highest BCUT2D eigenvalue weighted by Crippen LogP contribution is 2.40. The van der Waals surface area contributed by atoms with Crippen molar-refractivity contribution in [2.24, 2.45) is 17.8 Å². The van der Waals surface area contributed by atoms with Gasteiger partial charge in [-0.3, -0.25) is 9.69 Å². The van der Waals surface area contributed by atoms with Crippen LogP contribution in [0, 0.1) is 29.1 Å². The Balaban J connectivity index is 1.47. The van der Waals surface area contributed by atoms with Crippen LogP contribution in [0.1, 0.15) is 64.7 Å². The first kappa shape index (κ1) is 21.6. The number of hydrogen-bond acceptors (Lipinski definition) is 5. The second-order valence-corrected chi connectivity index (χ2v) is 12.0. The Bertz CT molecular complexity index is 855. The number of nitrogens with zero attached hydrogens (tertiary/aromatic N) is 3. The van der Waals surface area contributed by atoms with Crippen molar-refractivity contribution in [2.75, 3.05) is 13.6 Å². The predicted octanol–water partition coefficient (Wildman–Crippen LogP) is 2.22. The van der Waals surface area contributed by atoms with E-state index in [-0.39, 0.29) is 35.9 Å². The summed E-state index contributed by atoms with van der Waals surface area (Å²) < 4.78 is 28.6. The molecule has 3 aliphatic carbocycles. The topological polar surface area (TPSA) is 111 Å². The summed E-state index contributed by atoms with van der Waals surface area (Å²) in [5.41, 5.74) is -0.326. The summed E-state index contributed by atoms with van der Waals surface area (Å²) in [5.74, 6) is -0.284. The highest BCUT2D eigenvalue weighted by molar-refractivity contribution is 7.90. The lowest BCUT2D eigenvalue weighted by Crippen LogP contribution is -2.63. The first-order valence-electron chi connectivity index (χ1n) is 11.1. The van der Waals surface area contributed by atoms with E-state index < -0.39 is 21.2 Å². The van der Waals surface area contributed by atoms with E-state index in [1.807, 2.05) is 11.8 Å². The summed E-state index contributed by atoms with van der Waals surface area (Å²) in [5, 5.41) is 8.52. The summed E-state index contributed by atoms with van der Waals surface area (Å²) in [4.78, 5) is 28.8. The van der Waals surface area contributed by atoms with E-state index in [1.165, 1.54) is 11.9 Å². The highest BCUT2D eigenvalue weighted by Gasteiger charge is 2.51. The van der Waals surface area contributed by atoms with Crippen LogP contribution in [0.2, 0.25) is 0 Å². The molecule has 1 saturated heterocycles. The molecule has 0 radical (unpaired) electrons. The Kier molecular flexibility index (Phi) is 5.60. The van der Waals surface area contributed by atoms with Gasteiger partial charge in [-0.15, -0.1) is 0 Å². The molecule has 3 atom stereocenters. The van der Waals surface area contributed by atoms with Gasteiger partial charge in [0, 0.05) is 31.1 Å². The maximum Gasteiger partial charge on any atom is 0.326 e. The number of carbonyl (C=O) groups excluding carboxylic acids is 2. The van der Waals surface area contributed by atoms with Gasteiger partial charge in [0.25, 0.3) is 0 Å². The molecule has 4 aliphatic rings. The summed E-state index contributed by atoms with van der Waals surface area (Å²) >= 11 is 0. The number of rotatable bonds is 5. The molecule has 166 valence electrons. The van der Waals surface area contributed by atoms with Gasteiger partial charge >= 0.3 is 6.03 Å². The first-order chi connectivity index (χ1) is 14.1. The Morgan fingerprint density at radius 2 is 1.80 bits per heavy atom. The van der Waals surface area contributed by atoms with Crippen LogP contribution < -0.4 is 4.72 Å². The third-order valence-corrected chi connectivity index (χ3v) is 9.74. The SMILES string of the molecule is CN1C(=O)C2CC(S(=O)(=O)NC3(C)CC3)CCC2N(CC2CCC(C#N)CC2)C1=O. The van der Waals surface area contributed by atoms with Crippen LogP contribution in [-0.2, 0) is 14.8 Å². The van der Waals surface area contributed by atoms with Crippen LogP contribution in [0.5, 0.6) is 0 Å². The van der Waals surface area contributed by atoms with Crippen LogP contribution in [-0.4, -0.2) is 60.6 Å². The van der Waals surface area contributed by atoms with Crippen molar-refractivity contribution in [3.8, 4) is 6.07 Å². The molecule has 3 unspecified atom stereocenters. The third-order valence-electron chi connectivity index (χ3n) is 7.66. The van der Waals surface area contributed by atoms with Crippen molar-refractivity contribution in [2.45, 2.75) is 81.5 Å². The Morgan fingerprint density at radius 3 is 2.40 bits per heavy atom. The molecular weight excluding hydrogens is 404 g/mol. The van der Waals surface area contributed by atoms with Crippen molar-refractivity contribution in [3.05, 3.63) is 0 Å². The lowest BCUT2D eigenvalue weighted by molar-refractivity contribution is -0.139. The fourth-order valence-corrected chi connectivity index (χ4v) is 7.36. The molecule has 1 aliphatic heterocycles. The minimum Gasteiger partial charge on any atom is -0.320 e. The number of sulfonamides is 1. The number of carbonyl (C=O) groups is 2. The Labute approximate surface area is 179 Å². The number of amides is 3. The molecule has 30 heavy (non-hydrogen) atoms. The molecule has 3 amide bonds. The number of hydrogen-bond donors (Lipinski definition) is 1. The molecule has 1 heterocycles. The first-order valence-corrected chi connectivity index (χ1v) is 12.7. The van der Waals surface area contributed by atoms with Gasteiger partial charge in [0.2, 0.25) is 15.9 Å². The molecule has 0 bridgehead atoms. The smallest absolute Gasteiger partial charge is 0.320 e. The van der Waals surface area contributed by atoms with Crippen LogP contribution in [0.4, 0.5) is 4.79 Å². The van der Waals surface area contributed by atoms with Gasteiger partial charge in [0.05, 0.1) is 17.2 Å². The lowest BCUT2D eigenvalue weighted by Gasteiger charge is -2.48. The minimum absolute atomic E-state index is 0.108. The quantitative estimate of drug-likeness (QED) is 0.710. The average Bonchev–Trinajstić information content (AvgIpc) is 3.45. The van der Waals surface area contributed by atoms with E-state index in [2.05, 4.69) is 10.8 Å². The number of urea groups is 1. The van der Waals surface area contributed by atoms with Crippen molar-refractivity contribution in [3.63, 3.8) is 0 Å². The molecule has 8 nitrogen and oxygen atoms in total. The zero-order valence-corrected chi connectivity index (χ0v) is 18.7. The lowest BCUT2D eigenvalue weighted by atomic mass is 9.79. The second kappa shape index (κ2) is 7.79. The molecule has 4 fully saturated rings. The van der Waals surface area contributed by atoms with Gasteiger partial charge in [-0.25, -0.2) is 17.9 Å². The monoisotopic (exact) mass is 436 g/mol. The van der Waals surface area contributed by atoms with Crippen molar-refractivity contribution < 1.29 is 18.0 Å².